The number of halogens is 1. The van der Waals surface area contributed by atoms with Gasteiger partial charge in [0.25, 0.3) is 0 Å². The molecule has 1 aromatic rings. The van der Waals surface area contributed by atoms with Crippen molar-refractivity contribution in [2.24, 2.45) is 0 Å². The summed E-state index contributed by atoms with van der Waals surface area (Å²) in [4.78, 5) is 0. The highest BCUT2D eigenvalue weighted by atomic mass is 79.9. The van der Waals surface area contributed by atoms with Gasteiger partial charge in [-0.2, -0.15) is 0 Å². The highest BCUT2D eigenvalue weighted by Gasteiger charge is 2.09. The van der Waals surface area contributed by atoms with Crippen molar-refractivity contribution < 1.29 is 8.42 Å². The predicted octanol–water partition coefficient (Wildman–Crippen LogP) is 3.56. The largest absolute Gasteiger partial charge is 0.284 e. The number of aryl methyl sites for hydroxylation is 1. The van der Waals surface area contributed by atoms with Gasteiger partial charge in [0.15, 0.2) is 0 Å². The van der Waals surface area contributed by atoms with E-state index in [0.717, 1.165) is 30.2 Å². The second-order valence-electron chi connectivity index (χ2n) is 4.27. The Morgan fingerprint density at radius 2 is 2.06 bits per heavy atom. The Bertz CT molecular complexity index is 460. The number of anilines is 1. The quantitative estimate of drug-likeness (QED) is 0.739. The molecule has 0 aliphatic rings. The van der Waals surface area contributed by atoms with Crippen LogP contribution in [0.4, 0.5) is 5.69 Å². The van der Waals surface area contributed by atoms with Gasteiger partial charge in [0.2, 0.25) is 10.0 Å². The number of alkyl halides is 1. The maximum Gasteiger partial charge on any atom is 0.232 e. The second kappa shape index (κ2) is 7.79. The summed E-state index contributed by atoms with van der Waals surface area (Å²) in [6.45, 7) is 1.98. The summed E-state index contributed by atoms with van der Waals surface area (Å²) < 4.78 is 26.2. The maximum atomic E-state index is 11.8. The van der Waals surface area contributed by atoms with Gasteiger partial charge in [-0.3, -0.25) is 4.72 Å². The van der Waals surface area contributed by atoms with Crippen LogP contribution in [0.5, 0.6) is 0 Å². The average molecular weight is 334 g/mol. The van der Waals surface area contributed by atoms with Crippen LogP contribution in [0.3, 0.4) is 0 Å². The van der Waals surface area contributed by atoms with E-state index in [1.54, 1.807) is 6.07 Å². The summed E-state index contributed by atoms with van der Waals surface area (Å²) in [5, 5.41) is 0.958. The topological polar surface area (TPSA) is 46.2 Å². The molecule has 0 atom stereocenters. The van der Waals surface area contributed by atoms with E-state index in [9.17, 15) is 8.42 Å². The lowest BCUT2D eigenvalue weighted by Crippen LogP contribution is -2.16. The zero-order valence-electron chi connectivity index (χ0n) is 10.7. The van der Waals surface area contributed by atoms with Crippen molar-refractivity contribution in [1.82, 2.24) is 0 Å². The smallest absolute Gasteiger partial charge is 0.232 e. The third-order valence-electron chi connectivity index (χ3n) is 2.57. The normalized spacial score (nSPS) is 11.4. The lowest BCUT2D eigenvalue weighted by molar-refractivity contribution is 0.598. The molecule has 0 radical (unpaired) electrons. The Morgan fingerprint density at radius 1 is 1.28 bits per heavy atom. The fourth-order valence-corrected chi connectivity index (χ4v) is 3.16. The second-order valence-corrected chi connectivity index (χ2v) is 6.90. The Hall–Kier alpha value is -0.550. The van der Waals surface area contributed by atoms with Crippen LogP contribution in [0, 0.1) is 0 Å². The molecule has 3 nitrogen and oxygen atoms in total. The molecule has 5 heteroatoms. The molecule has 0 aliphatic heterocycles. The highest BCUT2D eigenvalue weighted by Crippen LogP contribution is 2.14. The molecule has 0 heterocycles. The van der Waals surface area contributed by atoms with E-state index < -0.39 is 10.0 Å². The summed E-state index contributed by atoms with van der Waals surface area (Å²) in [6, 6.07) is 7.61. The first-order chi connectivity index (χ1) is 8.57. The van der Waals surface area contributed by atoms with Crippen LogP contribution in [-0.2, 0) is 16.4 Å². The molecule has 1 aromatic carbocycles. The molecule has 1 N–H and O–H groups in total. The molecule has 0 saturated heterocycles. The number of unbranched alkanes of at least 4 members (excludes halogenated alkanes) is 1. The van der Waals surface area contributed by atoms with Gasteiger partial charge in [-0.15, -0.1) is 0 Å². The zero-order valence-corrected chi connectivity index (χ0v) is 13.1. The first-order valence-corrected chi connectivity index (χ1v) is 9.00. The molecule has 0 aromatic heterocycles. The molecule has 0 fully saturated rings. The molecule has 0 saturated carbocycles. The number of hydrogen-bond donors (Lipinski definition) is 1. The Kier molecular flexibility index (Phi) is 6.71. The van der Waals surface area contributed by atoms with Gasteiger partial charge in [-0.25, -0.2) is 8.42 Å². The summed E-state index contributed by atoms with van der Waals surface area (Å²) in [5.74, 6) is 0.190. The van der Waals surface area contributed by atoms with E-state index in [1.165, 1.54) is 0 Å². The molecule has 0 unspecified atom stereocenters. The predicted molar refractivity (Wildman–Crippen MR) is 80.9 cm³/mol. The van der Waals surface area contributed by atoms with Crippen LogP contribution in [0.2, 0.25) is 0 Å². The fourth-order valence-electron chi connectivity index (χ4n) is 1.63. The van der Waals surface area contributed by atoms with Crippen LogP contribution >= 0.6 is 15.9 Å². The maximum absolute atomic E-state index is 11.8. The summed E-state index contributed by atoms with van der Waals surface area (Å²) in [5.41, 5.74) is 1.82. The van der Waals surface area contributed by atoms with Crippen molar-refractivity contribution in [3.8, 4) is 0 Å². The minimum Gasteiger partial charge on any atom is -0.284 e. The van der Waals surface area contributed by atoms with E-state index >= 15 is 0 Å². The van der Waals surface area contributed by atoms with Crippen LogP contribution in [-0.4, -0.2) is 19.5 Å². The Morgan fingerprint density at radius 3 is 2.72 bits per heavy atom. The van der Waals surface area contributed by atoms with E-state index in [0.29, 0.717) is 12.1 Å². The molecule has 18 heavy (non-hydrogen) atoms. The third-order valence-corrected chi connectivity index (χ3v) is 4.50. The third kappa shape index (κ3) is 5.87. The summed E-state index contributed by atoms with van der Waals surface area (Å²) in [7, 11) is -3.19. The van der Waals surface area contributed by atoms with Crippen molar-refractivity contribution in [3.63, 3.8) is 0 Å². The summed E-state index contributed by atoms with van der Waals surface area (Å²) >= 11 is 3.39. The van der Waals surface area contributed by atoms with Gasteiger partial charge < -0.3 is 0 Å². The van der Waals surface area contributed by atoms with E-state index in [-0.39, 0.29) is 5.75 Å². The minimum atomic E-state index is -3.19. The van der Waals surface area contributed by atoms with Gasteiger partial charge in [-0.1, -0.05) is 41.4 Å². The van der Waals surface area contributed by atoms with Gasteiger partial charge >= 0.3 is 0 Å². The van der Waals surface area contributed by atoms with Crippen LogP contribution in [0.1, 0.15) is 31.7 Å². The molecule has 0 bridgehead atoms. The van der Waals surface area contributed by atoms with Crippen molar-refractivity contribution in [3.05, 3.63) is 29.8 Å². The molecular formula is C13H20BrNO2S. The van der Waals surface area contributed by atoms with Gasteiger partial charge in [0.1, 0.15) is 0 Å². The Balaban J connectivity index is 2.66. The van der Waals surface area contributed by atoms with Crippen molar-refractivity contribution in [2.75, 3.05) is 15.8 Å². The number of benzene rings is 1. The molecule has 0 spiro atoms. The molecule has 102 valence electrons. The van der Waals surface area contributed by atoms with Crippen LogP contribution in [0.15, 0.2) is 24.3 Å². The van der Waals surface area contributed by atoms with E-state index in [2.05, 4.69) is 20.7 Å². The van der Waals surface area contributed by atoms with Crippen molar-refractivity contribution in [1.29, 1.82) is 0 Å². The summed E-state index contributed by atoms with van der Waals surface area (Å²) in [6.07, 6.45) is 3.58. The SMILES string of the molecule is CCCCS(=O)(=O)Nc1cccc(CCCBr)c1. The van der Waals surface area contributed by atoms with Gasteiger partial charge in [0, 0.05) is 11.0 Å². The molecule has 1 rings (SSSR count). The number of hydrogen-bond acceptors (Lipinski definition) is 2. The first kappa shape index (κ1) is 15.5. The number of sulfonamides is 1. The highest BCUT2D eigenvalue weighted by molar-refractivity contribution is 9.09. The lowest BCUT2D eigenvalue weighted by Gasteiger charge is -2.09. The van der Waals surface area contributed by atoms with Crippen LogP contribution in [0.25, 0.3) is 0 Å². The molecule has 0 aliphatic carbocycles. The number of rotatable bonds is 8. The van der Waals surface area contributed by atoms with Gasteiger partial charge in [-0.05, 0) is 37.0 Å². The monoisotopic (exact) mass is 333 g/mol. The van der Waals surface area contributed by atoms with Crippen molar-refractivity contribution in [2.45, 2.75) is 32.6 Å². The minimum absolute atomic E-state index is 0.190. The molecular weight excluding hydrogens is 314 g/mol. The van der Waals surface area contributed by atoms with E-state index in [1.807, 2.05) is 25.1 Å². The molecule has 0 amide bonds. The standard InChI is InChI=1S/C13H20BrNO2S/c1-2-3-10-18(16,17)15-13-8-4-6-12(11-13)7-5-9-14/h4,6,8,11,15H,2-3,5,7,9-10H2,1H3. The van der Waals surface area contributed by atoms with E-state index in [4.69, 9.17) is 0 Å². The van der Waals surface area contributed by atoms with Crippen molar-refractivity contribution >= 4 is 31.6 Å². The first-order valence-electron chi connectivity index (χ1n) is 6.23. The average Bonchev–Trinajstić information content (AvgIpc) is 2.34. The van der Waals surface area contributed by atoms with Crippen LogP contribution < -0.4 is 4.72 Å². The zero-order chi connectivity index (χ0) is 13.4. The lowest BCUT2D eigenvalue weighted by atomic mass is 10.1. The number of nitrogens with one attached hydrogen (secondary N) is 1. The fraction of sp³-hybridized carbons (Fsp3) is 0.538. The van der Waals surface area contributed by atoms with Gasteiger partial charge in [0.05, 0.1) is 5.75 Å². The Labute approximate surface area is 118 Å².